The highest BCUT2D eigenvalue weighted by molar-refractivity contribution is 7.09. The summed E-state index contributed by atoms with van der Waals surface area (Å²) in [6, 6.07) is 5.04. The number of halogens is 1. The Balaban J connectivity index is 2.02. The highest BCUT2D eigenvalue weighted by Gasteiger charge is 2.01. The normalized spacial score (nSPS) is 10.4. The van der Waals surface area contributed by atoms with Crippen LogP contribution in [0.1, 0.15) is 10.7 Å². The molecule has 5 heteroatoms. The van der Waals surface area contributed by atoms with Gasteiger partial charge in [-0.3, -0.25) is 0 Å². The minimum absolute atomic E-state index is 0.0947. The van der Waals surface area contributed by atoms with Gasteiger partial charge in [0.1, 0.15) is 10.8 Å². The summed E-state index contributed by atoms with van der Waals surface area (Å²) in [5, 5.41) is 15.8. The summed E-state index contributed by atoms with van der Waals surface area (Å²) in [6.45, 7) is 2.64. The van der Waals surface area contributed by atoms with Crippen molar-refractivity contribution in [2.45, 2.75) is 13.5 Å². The highest BCUT2D eigenvalue weighted by atomic mass is 35.5. The molecule has 1 aromatic carbocycles. The standard InChI is InChI=1S/C11H11ClN2OS/c1-7-6-16-11(14-7)5-13-8-2-3-10(15)9(12)4-8/h2-4,6,13,15H,5H2,1H3. The van der Waals surface area contributed by atoms with E-state index in [1.807, 2.05) is 12.3 Å². The van der Waals surface area contributed by atoms with Crippen molar-refractivity contribution in [1.29, 1.82) is 0 Å². The Morgan fingerprint density at radius 1 is 1.50 bits per heavy atom. The number of aryl methyl sites for hydroxylation is 1. The van der Waals surface area contributed by atoms with E-state index in [1.165, 1.54) is 0 Å². The van der Waals surface area contributed by atoms with E-state index in [2.05, 4.69) is 10.3 Å². The Morgan fingerprint density at radius 3 is 2.94 bits per heavy atom. The van der Waals surface area contributed by atoms with E-state index in [4.69, 9.17) is 11.6 Å². The molecule has 0 amide bonds. The van der Waals surface area contributed by atoms with Crippen molar-refractivity contribution in [3.05, 3.63) is 39.3 Å². The molecule has 84 valence electrons. The summed E-state index contributed by atoms with van der Waals surface area (Å²) < 4.78 is 0. The van der Waals surface area contributed by atoms with Gasteiger partial charge in [0.15, 0.2) is 0 Å². The molecule has 0 spiro atoms. The van der Waals surface area contributed by atoms with Crippen LogP contribution in [0.3, 0.4) is 0 Å². The van der Waals surface area contributed by atoms with Crippen LogP contribution in [0, 0.1) is 6.92 Å². The maximum absolute atomic E-state index is 9.26. The number of benzene rings is 1. The summed E-state index contributed by atoms with van der Waals surface area (Å²) in [5.74, 6) is 0.0947. The lowest BCUT2D eigenvalue weighted by Gasteiger charge is -2.05. The van der Waals surface area contributed by atoms with Crippen molar-refractivity contribution in [2.75, 3.05) is 5.32 Å². The number of thiazole rings is 1. The molecule has 0 aliphatic carbocycles. The van der Waals surface area contributed by atoms with E-state index in [-0.39, 0.29) is 5.75 Å². The number of rotatable bonds is 3. The summed E-state index contributed by atoms with van der Waals surface area (Å²) in [7, 11) is 0. The lowest BCUT2D eigenvalue weighted by Crippen LogP contribution is -1.98. The second kappa shape index (κ2) is 4.72. The second-order valence-electron chi connectivity index (χ2n) is 3.40. The van der Waals surface area contributed by atoms with Crippen LogP contribution in [-0.4, -0.2) is 10.1 Å². The van der Waals surface area contributed by atoms with E-state index < -0.39 is 0 Å². The summed E-state index contributed by atoms with van der Waals surface area (Å²) in [4.78, 5) is 4.34. The van der Waals surface area contributed by atoms with Gasteiger partial charge in [-0.1, -0.05) is 11.6 Å². The van der Waals surface area contributed by atoms with E-state index in [0.717, 1.165) is 16.4 Å². The molecule has 2 N–H and O–H groups in total. The van der Waals surface area contributed by atoms with Gasteiger partial charge < -0.3 is 10.4 Å². The molecule has 0 aliphatic rings. The van der Waals surface area contributed by atoms with Gasteiger partial charge in [-0.15, -0.1) is 11.3 Å². The van der Waals surface area contributed by atoms with Gasteiger partial charge in [0.2, 0.25) is 0 Å². The Labute approximate surface area is 103 Å². The number of phenolic OH excluding ortho intramolecular Hbond substituents is 1. The van der Waals surface area contributed by atoms with Crippen LogP contribution in [0.5, 0.6) is 5.75 Å². The zero-order chi connectivity index (χ0) is 11.5. The minimum atomic E-state index is 0.0947. The molecule has 0 fully saturated rings. The monoisotopic (exact) mass is 254 g/mol. The maximum atomic E-state index is 9.26. The second-order valence-corrected chi connectivity index (χ2v) is 4.75. The minimum Gasteiger partial charge on any atom is -0.506 e. The highest BCUT2D eigenvalue weighted by Crippen LogP contribution is 2.26. The number of aromatic nitrogens is 1. The van der Waals surface area contributed by atoms with Crippen molar-refractivity contribution in [2.24, 2.45) is 0 Å². The van der Waals surface area contributed by atoms with Crippen LogP contribution >= 0.6 is 22.9 Å². The third-order valence-electron chi connectivity index (χ3n) is 2.06. The maximum Gasteiger partial charge on any atom is 0.134 e. The molecule has 0 saturated heterocycles. The molecule has 0 radical (unpaired) electrons. The molecule has 3 nitrogen and oxygen atoms in total. The van der Waals surface area contributed by atoms with Crippen molar-refractivity contribution in [3.63, 3.8) is 0 Å². The summed E-state index contributed by atoms with van der Waals surface area (Å²) in [5.41, 5.74) is 1.90. The fourth-order valence-corrected chi connectivity index (χ4v) is 2.17. The molecule has 1 heterocycles. The number of nitrogens with zero attached hydrogens (tertiary/aromatic N) is 1. The molecule has 16 heavy (non-hydrogen) atoms. The van der Waals surface area contributed by atoms with Crippen LogP contribution in [-0.2, 0) is 6.54 Å². The van der Waals surface area contributed by atoms with Crippen LogP contribution in [0.4, 0.5) is 5.69 Å². The van der Waals surface area contributed by atoms with Gasteiger partial charge in [0.05, 0.1) is 11.6 Å². The molecule has 0 atom stereocenters. The fourth-order valence-electron chi connectivity index (χ4n) is 1.28. The average Bonchev–Trinajstić information content (AvgIpc) is 2.66. The Kier molecular flexibility index (Phi) is 3.31. The van der Waals surface area contributed by atoms with Gasteiger partial charge in [-0.25, -0.2) is 4.98 Å². The Hall–Kier alpha value is -1.26. The summed E-state index contributed by atoms with van der Waals surface area (Å²) >= 11 is 7.42. The molecule has 1 aromatic heterocycles. The third kappa shape index (κ3) is 2.65. The number of nitrogens with one attached hydrogen (secondary N) is 1. The Morgan fingerprint density at radius 2 is 2.31 bits per heavy atom. The molecule has 2 aromatic rings. The van der Waals surface area contributed by atoms with Gasteiger partial charge in [0.25, 0.3) is 0 Å². The average molecular weight is 255 g/mol. The van der Waals surface area contributed by atoms with Crippen molar-refractivity contribution in [3.8, 4) is 5.75 Å². The number of hydrogen-bond acceptors (Lipinski definition) is 4. The van der Waals surface area contributed by atoms with E-state index in [1.54, 1.807) is 29.5 Å². The van der Waals surface area contributed by atoms with Gasteiger partial charge in [-0.05, 0) is 25.1 Å². The molecular formula is C11H11ClN2OS. The number of aromatic hydroxyl groups is 1. The molecule has 0 bridgehead atoms. The molecule has 0 unspecified atom stereocenters. The number of hydrogen-bond donors (Lipinski definition) is 2. The molecule has 0 saturated carbocycles. The predicted molar refractivity (Wildman–Crippen MR) is 67.3 cm³/mol. The van der Waals surface area contributed by atoms with Gasteiger partial charge in [0, 0.05) is 16.8 Å². The SMILES string of the molecule is Cc1csc(CNc2ccc(O)c(Cl)c2)n1. The predicted octanol–water partition coefficient (Wildman–Crippen LogP) is 3.42. The summed E-state index contributed by atoms with van der Waals surface area (Å²) in [6.07, 6.45) is 0. The quantitative estimate of drug-likeness (QED) is 0.825. The first kappa shape index (κ1) is 11.2. The van der Waals surface area contributed by atoms with Gasteiger partial charge >= 0.3 is 0 Å². The fraction of sp³-hybridized carbons (Fsp3) is 0.182. The van der Waals surface area contributed by atoms with E-state index in [9.17, 15) is 5.11 Å². The first-order valence-corrected chi connectivity index (χ1v) is 6.04. The third-order valence-corrected chi connectivity index (χ3v) is 3.33. The van der Waals surface area contributed by atoms with Crippen molar-refractivity contribution >= 4 is 28.6 Å². The molecule has 2 rings (SSSR count). The van der Waals surface area contributed by atoms with E-state index in [0.29, 0.717) is 11.6 Å². The van der Waals surface area contributed by atoms with Crippen LogP contribution in [0.2, 0.25) is 5.02 Å². The van der Waals surface area contributed by atoms with Gasteiger partial charge in [-0.2, -0.15) is 0 Å². The van der Waals surface area contributed by atoms with Crippen molar-refractivity contribution in [1.82, 2.24) is 4.98 Å². The first-order valence-electron chi connectivity index (χ1n) is 4.78. The largest absolute Gasteiger partial charge is 0.506 e. The topological polar surface area (TPSA) is 45.1 Å². The number of anilines is 1. The lowest BCUT2D eigenvalue weighted by atomic mass is 10.3. The smallest absolute Gasteiger partial charge is 0.134 e. The van der Waals surface area contributed by atoms with E-state index >= 15 is 0 Å². The molecular weight excluding hydrogens is 244 g/mol. The van der Waals surface area contributed by atoms with Crippen LogP contribution in [0.15, 0.2) is 23.6 Å². The first-order chi connectivity index (χ1) is 7.65. The van der Waals surface area contributed by atoms with Crippen LogP contribution in [0.25, 0.3) is 0 Å². The van der Waals surface area contributed by atoms with Crippen LogP contribution < -0.4 is 5.32 Å². The Bertz CT molecular complexity index is 498. The zero-order valence-corrected chi connectivity index (χ0v) is 10.3. The zero-order valence-electron chi connectivity index (χ0n) is 8.70. The lowest BCUT2D eigenvalue weighted by molar-refractivity contribution is 0.475. The molecule has 0 aliphatic heterocycles. The van der Waals surface area contributed by atoms with Crippen molar-refractivity contribution < 1.29 is 5.11 Å². The number of phenols is 1.